The highest BCUT2D eigenvalue weighted by Crippen LogP contribution is 2.45. The van der Waals surface area contributed by atoms with Crippen LogP contribution in [0.1, 0.15) is 57.2 Å². The van der Waals surface area contributed by atoms with Crippen molar-refractivity contribution in [2.75, 3.05) is 13.2 Å². The molecule has 1 aliphatic carbocycles. The number of Topliss-reactive ketones (excluding diaryl/α,β-unsaturated/α-hetero) is 1. The van der Waals surface area contributed by atoms with E-state index in [1.165, 1.54) is 6.21 Å². The van der Waals surface area contributed by atoms with Crippen molar-refractivity contribution in [3.63, 3.8) is 0 Å². The summed E-state index contributed by atoms with van der Waals surface area (Å²) in [5.41, 5.74) is 1.47. The van der Waals surface area contributed by atoms with Crippen LogP contribution in [0.4, 0.5) is 0 Å². The zero-order valence-electron chi connectivity index (χ0n) is 21.3. The third-order valence-corrected chi connectivity index (χ3v) is 7.62. The first-order valence-electron chi connectivity index (χ1n) is 11.8. The predicted molar refractivity (Wildman–Crippen MR) is 138 cm³/mol. The first-order chi connectivity index (χ1) is 16.8. The number of halogens is 1. The van der Waals surface area contributed by atoms with Gasteiger partial charge in [-0.2, -0.15) is 0 Å². The SMILES string of the molecule is CC(/C=C/[C@@]1(C)[C@H](C)CCC(=O)[C@@H]1C)=C\Cc1c(O)c(C=NCC(=O)O)c(C)c(Cl)c1OCC(=O)O. The fourth-order valence-corrected chi connectivity index (χ4v) is 4.60. The second-order valence-corrected chi connectivity index (χ2v) is 9.91. The lowest BCUT2D eigenvalue weighted by Crippen LogP contribution is -2.40. The number of aliphatic carboxylic acids is 2. The van der Waals surface area contributed by atoms with Gasteiger partial charge in [-0.05, 0) is 43.6 Å². The minimum Gasteiger partial charge on any atom is -0.507 e. The highest BCUT2D eigenvalue weighted by atomic mass is 35.5. The summed E-state index contributed by atoms with van der Waals surface area (Å²) in [5.74, 6) is -1.98. The predicted octanol–water partition coefficient (Wildman–Crippen LogP) is 5.01. The molecule has 0 aliphatic heterocycles. The summed E-state index contributed by atoms with van der Waals surface area (Å²) in [6.45, 7) is 8.56. The van der Waals surface area contributed by atoms with E-state index in [2.05, 4.69) is 24.9 Å². The average Bonchev–Trinajstić information content (AvgIpc) is 2.81. The van der Waals surface area contributed by atoms with Crippen LogP contribution in [0.15, 0.2) is 28.8 Å². The zero-order chi connectivity index (χ0) is 27.2. The van der Waals surface area contributed by atoms with Crippen molar-refractivity contribution in [3.05, 3.63) is 45.5 Å². The standard InChI is InChI=1S/C27H34ClNO7/c1-15(10-11-27(5)16(2)7-9-21(30)18(27)4)6-8-19-25(35)20(12-29-13-22(31)32)17(3)24(28)26(19)36-14-23(33)34/h6,10-12,16,18,35H,7-9,13-14H2,1-5H3,(H,31,32)(H,33,34)/b11-10+,15-6+,29-12?/t16-,18+,27+/m1/s1. The van der Waals surface area contributed by atoms with Gasteiger partial charge in [0.05, 0.1) is 5.02 Å². The van der Waals surface area contributed by atoms with Crippen LogP contribution < -0.4 is 4.74 Å². The lowest BCUT2D eigenvalue weighted by atomic mass is 9.61. The number of ketones is 1. The Bertz CT molecular complexity index is 1120. The second-order valence-electron chi connectivity index (χ2n) is 9.53. The van der Waals surface area contributed by atoms with E-state index in [9.17, 15) is 19.5 Å². The van der Waals surface area contributed by atoms with Crippen LogP contribution in [0.25, 0.3) is 0 Å². The number of carboxylic acids is 2. The molecule has 1 fully saturated rings. The number of allylic oxidation sites excluding steroid dienone is 4. The van der Waals surface area contributed by atoms with E-state index >= 15 is 0 Å². The van der Waals surface area contributed by atoms with E-state index in [0.717, 1.165) is 12.0 Å². The van der Waals surface area contributed by atoms with Crippen LogP contribution in [0.2, 0.25) is 5.02 Å². The summed E-state index contributed by atoms with van der Waals surface area (Å²) < 4.78 is 5.42. The van der Waals surface area contributed by atoms with Crippen molar-refractivity contribution in [1.82, 2.24) is 0 Å². The van der Waals surface area contributed by atoms with Crippen molar-refractivity contribution in [2.45, 2.75) is 53.9 Å². The zero-order valence-corrected chi connectivity index (χ0v) is 22.1. The first kappa shape index (κ1) is 29.1. The summed E-state index contributed by atoms with van der Waals surface area (Å²) in [4.78, 5) is 38.0. The van der Waals surface area contributed by atoms with Crippen LogP contribution in [0.5, 0.6) is 11.5 Å². The minimum absolute atomic E-state index is 0.0459. The Balaban J connectivity index is 2.44. The number of phenols is 1. The Morgan fingerprint density at radius 1 is 1.25 bits per heavy atom. The number of carbonyl (C=O) groups excluding carboxylic acids is 1. The topological polar surface area (TPSA) is 133 Å². The molecule has 0 radical (unpaired) electrons. The number of carboxylic acid groups (broad SMARTS) is 2. The Hall–Kier alpha value is -3.13. The van der Waals surface area contributed by atoms with Gasteiger partial charge in [0, 0.05) is 29.7 Å². The number of rotatable bonds is 10. The number of carbonyl (C=O) groups is 3. The molecule has 3 atom stereocenters. The van der Waals surface area contributed by atoms with E-state index in [-0.39, 0.29) is 51.2 Å². The molecule has 196 valence electrons. The lowest BCUT2D eigenvalue weighted by Gasteiger charge is -2.42. The number of phenolic OH excluding ortho intramolecular Hbond substituents is 1. The highest BCUT2D eigenvalue weighted by molar-refractivity contribution is 6.33. The van der Waals surface area contributed by atoms with Gasteiger partial charge < -0.3 is 20.1 Å². The van der Waals surface area contributed by atoms with Gasteiger partial charge >= 0.3 is 11.9 Å². The average molecular weight is 520 g/mol. The normalized spacial score (nSPS) is 22.9. The highest BCUT2D eigenvalue weighted by Gasteiger charge is 2.41. The molecule has 8 nitrogen and oxygen atoms in total. The van der Waals surface area contributed by atoms with Gasteiger partial charge in [0.1, 0.15) is 23.8 Å². The number of ether oxygens (including phenoxy) is 1. The Labute approximate surface area is 216 Å². The van der Waals surface area contributed by atoms with Gasteiger partial charge in [-0.15, -0.1) is 0 Å². The summed E-state index contributed by atoms with van der Waals surface area (Å²) in [6, 6.07) is 0. The molecule has 1 aromatic carbocycles. The number of aromatic hydroxyl groups is 1. The third-order valence-electron chi connectivity index (χ3n) is 7.17. The van der Waals surface area contributed by atoms with E-state index in [1.54, 1.807) is 6.92 Å². The van der Waals surface area contributed by atoms with Crippen molar-refractivity contribution < 1.29 is 34.4 Å². The summed E-state index contributed by atoms with van der Waals surface area (Å²) in [7, 11) is 0. The van der Waals surface area contributed by atoms with Crippen LogP contribution in [-0.4, -0.2) is 52.4 Å². The molecule has 1 aliphatic rings. The molecular weight excluding hydrogens is 486 g/mol. The molecule has 0 heterocycles. The molecule has 3 N–H and O–H groups in total. The molecule has 1 aromatic rings. The second kappa shape index (κ2) is 12.2. The first-order valence-corrected chi connectivity index (χ1v) is 12.2. The number of hydrogen-bond donors (Lipinski definition) is 3. The molecule has 9 heteroatoms. The summed E-state index contributed by atoms with van der Waals surface area (Å²) in [6.07, 6.45) is 8.70. The van der Waals surface area contributed by atoms with Gasteiger partial charge in [-0.1, -0.05) is 56.2 Å². The molecular formula is C27H34ClNO7. The van der Waals surface area contributed by atoms with Crippen LogP contribution in [0, 0.1) is 24.2 Å². The third kappa shape index (κ3) is 6.75. The monoisotopic (exact) mass is 519 g/mol. The van der Waals surface area contributed by atoms with E-state index < -0.39 is 25.1 Å². The van der Waals surface area contributed by atoms with Crippen LogP contribution >= 0.6 is 11.6 Å². The fraction of sp³-hybridized carbons (Fsp3) is 0.481. The van der Waals surface area contributed by atoms with Crippen molar-refractivity contribution in [1.29, 1.82) is 0 Å². The molecule has 0 amide bonds. The minimum atomic E-state index is -1.20. The molecule has 2 rings (SSSR count). The van der Waals surface area contributed by atoms with Gasteiger partial charge in [-0.25, -0.2) is 4.79 Å². The molecule has 1 saturated carbocycles. The number of nitrogens with zero attached hydrogens (tertiary/aromatic N) is 1. The quantitative estimate of drug-likeness (QED) is 0.292. The molecule has 36 heavy (non-hydrogen) atoms. The lowest BCUT2D eigenvalue weighted by molar-refractivity contribution is -0.139. The number of benzene rings is 1. The van der Waals surface area contributed by atoms with Gasteiger partial charge in [0.25, 0.3) is 0 Å². The van der Waals surface area contributed by atoms with Gasteiger partial charge in [0.2, 0.25) is 0 Å². The Morgan fingerprint density at radius 3 is 2.53 bits per heavy atom. The maximum absolute atomic E-state index is 12.3. The van der Waals surface area contributed by atoms with Gasteiger partial charge in [-0.3, -0.25) is 14.6 Å². The number of hydrogen-bond acceptors (Lipinski definition) is 6. The van der Waals surface area contributed by atoms with Crippen molar-refractivity contribution in [3.8, 4) is 11.5 Å². The maximum Gasteiger partial charge on any atom is 0.341 e. The van der Waals surface area contributed by atoms with Gasteiger partial charge in [0.15, 0.2) is 6.61 Å². The fourth-order valence-electron chi connectivity index (χ4n) is 4.33. The van der Waals surface area contributed by atoms with E-state index in [1.807, 2.05) is 26.0 Å². The summed E-state index contributed by atoms with van der Waals surface area (Å²) >= 11 is 6.47. The van der Waals surface area contributed by atoms with Crippen LogP contribution in [-0.2, 0) is 20.8 Å². The molecule has 0 saturated heterocycles. The van der Waals surface area contributed by atoms with Crippen molar-refractivity contribution in [2.24, 2.45) is 22.2 Å². The maximum atomic E-state index is 12.3. The molecule has 0 spiro atoms. The Morgan fingerprint density at radius 2 is 1.92 bits per heavy atom. The molecule has 0 bridgehead atoms. The Kier molecular flexibility index (Phi) is 9.87. The molecule has 0 aromatic heterocycles. The molecule has 0 unspecified atom stereocenters. The van der Waals surface area contributed by atoms with E-state index in [4.69, 9.17) is 26.6 Å². The van der Waals surface area contributed by atoms with Crippen LogP contribution in [0.3, 0.4) is 0 Å². The summed E-state index contributed by atoms with van der Waals surface area (Å²) in [5, 5.41) is 29.0. The van der Waals surface area contributed by atoms with E-state index in [0.29, 0.717) is 17.9 Å². The van der Waals surface area contributed by atoms with Crippen molar-refractivity contribution >= 4 is 35.5 Å². The number of aliphatic imine (C=N–C) groups is 1. The largest absolute Gasteiger partial charge is 0.507 e. The smallest absolute Gasteiger partial charge is 0.341 e.